The van der Waals surface area contributed by atoms with E-state index in [1.54, 1.807) is 5.38 Å². The van der Waals surface area contributed by atoms with Crippen molar-refractivity contribution in [1.82, 2.24) is 4.98 Å². The van der Waals surface area contributed by atoms with Crippen molar-refractivity contribution in [3.05, 3.63) is 38.8 Å². The Kier molecular flexibility index (Phi) is 3.68. The van der Waals surface area contributed by atoms with Crippen molar-refractivity contribution in [2.45, 2.75) is 13.8 Å². The van der Waals surface area contributed by atoms with Crippen LogP contribution in [0.15, 0.2) is 22.0 Å². The molecule has 0 radical (unpaired) electrons. The number of hydrogen-bond acceptors (Lipinski definition) is 4. The van der Waals surface area contributed by atoms with E-state index in [9.17, 15) is 4.79 Å². The molecule has 0 bridgehead atoms. The van der Waals surface area contributed by atoms with Gasteiger partial charge in [-0.1, -0.05) is 6.07 Å². The van der Waals surface area contributed by atoms with Crippen molar-refractivity contribution in [2.75, 3.05) is 11.1 Å². The highest BCUT2D eigenvalue weighted by atomic mass is 79.9. The SMILES string of the molecule is Cc1cc(C)c(NC(=O)c2csc(N)n2)c(Br)c1. The van der Waals surface area contributed by atoms with Crippen LogP contribution in [0, 0.1) is 13.8 Å². The number of halogens is 1. The number of carbonyl (C=O) groups excluding carboxylic acids is 1. The van der Waals surface area contributed by atoms with Crippen molar-refractivity contribution in [3.63, 3.8) is 0 Å². The van der Waals surface area contributed by atoms with Crippen molar-refractivity contribution < 1.29 is 4.79 Å². The van der Waals surface area contributed by atoms with Crippen LogP contribution in [0.4, 0.5) is 10.8 Å². The third kappa shape index (κ3) is 2.70. The summed E-state index contributed by atoms with van der Waals surface area (Å²) < 4.78 is 0.858. The van der Waals surface area contributed by atoms with Gasteiger partial charge in [0.1, 0.15) is 5.69 Å². The standard InChI is InChI=1S/C12H12BrN3OS/c1-6-3-7(2)10(8(13)4-6)16-11(17)9-5-18-12(14)15-9/h3-5H,1-2H3,(H2,14,15)(H,16,17). The van der Waals surface area contributed by atoms with E-state index >= 15 is 0 Å². The monoisotopic (exact) mass is 325 g/mol. The predicted octanol–water partition coefficient (Wildman–Crippen LogP) is 3.36. The molecular formula is C12H12BrN3OS. The van der Waals surface area contributed by atoms with Gasteiger partial charge in [-0.05, 0) is 47.0 Å². The minimum absolute atomic E-state index is 0.254. The number of nitrogens with one attached hydrogen (secondary N) is 1. The molecule has 1 amide bonds. The molecule has 0 atom stereocenters. The summed E-state index contributed by atoms with van der Waals surface area (Å²) in [6.45, 7) is 3.95. The van der Waals surface area contributed by atoms with E-state index in [4.69, 9.17) is 5.73 Å². The zero-order valence-electron chi connectivity index (χ0n) is 9.95. The normalized spacial score (nSPS) is 10.4. The first-order valence-corrected chi connectivity index (χ1v) is 6.93. The fourth-order valence-corrected chi connectivity index (χ4v) is 2.96. The maximum atomic E-state index is 12.0. The molecule has 0 aliphatic rings. The molecule has 94 valence electrons. The maximum absolute atomic E-state index is 12.0. The molecule has 1 aromatic carbocycles. The molecule has 2 rings (SSSR count). The van der Waals surface area contributed by atoms with E-state index in [0.717, 1.165) is 21.3 Å². The first-order chi connectivity index (χ1) is 8.47. The zero-order chi connectivity index (χ0) is 13.3. The average Bonchev–Trinajstić information content (AvgIpc) is 2.70. The highest BCUT2D eigenvalue weighted by Gasteiger charge is 2.13. The zero-order valence-corrected chi connectivity index (χ0v) is 12.4. The van der Waals surface area contributed by atoms with Gasteiger partial charge in [0.05, 0.1) is 5.69 Å². The van der Waals surface area contributed by atoms with E-state index in [1.807, 2.05) is 26.0 Å². The van der Waals surface area contributed by atoms with Crippen LogP contribution in [0.3, 0.4) is 0 Å². The molecule has 18 heavy (non-hydrogen) atoms. The highest BCUT2D eigenvalue weighted by molar-refractivity contribution is 9.10. The Labute approximate surface area is 117 Å². The third-order valence-corrected chi connectivity index (χ3v) is 3.72. The fraction of sp³-hybridized carbons (Fsp3) is 0.167. The second kappa shape index (κ2) is 5.07. The molecule has 0 aliphatic heterocycles. The molecule has 0 saturated heterocycles. The van der Waals surface area contributed by atoms with Crippen LogP contribution in [-0.4, -0.2) is 10.9 Å². The number of aryl methyl sites for hydroxylation is 2. The molecule has 3 N–H and O–H groups in total. The number of carbonyl (C=O) groups is 1. The van der Waals surface area contributed by atoms with Crippen LogP contribution in [0.2, 0.25) is 0 Å². The number of hydrogen-bond donors (Lipinski definition) is 2. The van der Waals surface area contributed by atoms with E-state index in [0.29, 0.717) is 10.8 Å². The fourth-order valence-electron chi connectivity index (χ4n) is 1.64. The Hall–Kier alpha value is -1.40. The highest BCUT2D eigenvalue weighted by Crippen LogP contribution is 2.28. The molecule has 0 aliphatic carbocycles. The van der Waals surface area contributed by atoms with E-state index in [-0.39, 0.29) is 5.91 Å². The summed E-state index contributed by atoms with van der Waals surface area (Å²) >= 11 is 4.70. The molecular weight excluding hydrogens is 314 g/mol. The van der Waals surface area contributed by atoms with Gasteiger partial charge in [-0.15, -0.1) is 11.3 Å². The molecule has 4 nitrogen and oxygen atoms in total. The Bertz CT molecular complexity index is 586. The van der Waals surface area contributed by atoms with Crippen molar-refractivity contribution in [3.8, 4) is 0 Å². The Morgan fingerprint density at radius 1 is 1.44 bits per heavy atom. The number of nitrogens with zero attached hydrogens (tertiary/aromatic N) is 1. The van der Waals surface area contributed by atoms with Crippen LogP contribution >= 0.6 is 27.3 Å². The summed E-state index contributed by atoms with van der Waals surface area (Å²) in [5.74, 6) is -0.254. The third-order valence-electron chi connectivity index (χ3n) is 2.42. The Morgan fingerprint density at radius 2 is 2.17 bits per heavy atom. The number of nitrogen functional groups attached to an aromatic ring is 1. The minimum Gasteiger partial charge on any atom is -0.375 e. The summed E-state index contributed by atoms with van der Waals surface area (Å²) in [7, 11) is 0. The van der Waals surface area contributed by atoms with Gasteiger partial charge in [0.15, 0.2) is 5.13 Å². The molecule has 0 spiro atoms. The van der Waals surface area contributed by atoms with Crippen molar-refractivity contribution in [2.24, 2.45) is 0 Å². The number of thiazole rings is 1. The van der Waals surface area contributed by atoms with Crippen LogP contribution in [0.5, 0.6) is 0 Å². The number of rotatable bonds is 2. The molecule has 1 aromatic heterocycles. The van der Waals surface area contributed by atoms with Crippen molar-refractivity contribution >= 4 is 44.0 Å². The van der Waals surface area contributed by atoms with E-state index in [1.165, 1.54) is 11.3 Å². The largest absolute Gasteiger partial charge is 0.375 e. The topological polar surface area (TPSA) is 68.0 Å². The molecule has 2 aromatic rings. The van der Waals surface area contributed by atoms with Gasteiger partial charge >= 0.3 is 0 Å². The number of anilines is 2. The summed E-state index contributed by atoms with van der Waals surface area (Å²) in [6, 6.07) is 3.97. The van der Waals surface area contributed by atoms with Gasteiger partial charge < -0.3 is 11.1 Å². The first-order valence-electron chi connectivity index (χ1n) is 5.26. The van der Waals surface area contributed by atoms with Gasteiger partial charge in [-0.2, -0.15) is 0 Å². The van der Waals surface area contributed by atoms with Crippen LogP contribution in [0.1, 0.15) is 21.6 Å². The summed E-state index contributed by atoms with van der Waals surface area (Å²) in [5, 5.41) is 4.87. The first kappa shape index (κ1) is 13.0. The average molecular weight is 326 g/mol. The molecule has 1 heterocycles. The minimum atomic E-state index is -0.254. The smallest absolute Gasteiger partial charge is 0.275 e. The van der Waals surface area contributed by atoms with Gasteiger partial charge in [0, 0.05) is 9.85 Å². The lowest BCUT2D eigenvalue weighted by atomic mass is 10.1. The number of nitrogens with two attached hydrogens (primary N) is 1. The molecule has 0 saturated carbocycles. The number of benzene rings is 1. The summed E-state index contributed by atoms with van der Waals surface area (Å²) in [4.78, 5) is 15.9. The summed E-state index contributed by atoms with van der Waals surface area (Å²) in [6.07, 6.45) is 0. The summed E-state index contributed by atoms with van der Waals surface area (Å²) in [5.41, 5.74) is 8.74. The molecule has 0 fully saturated rings. The second-order valence-corrected chi connectivity index (χ2v) is 5.71. The van der Waals surface area contributed by atoms with Crippen molar-refractivity contribution in [1.29, 1.82) is 0 Å². The molecule has 0 unspecified atom stereocenters. The quantitative estimate of drug-likeness (QED) is 0.889. The van der Waals surface area contributed by atoms with E-state index in [2.05, 4.69) is 26.2 Å². The van der Waals surface area contributed by atoms with Gasteiger partial charge in [-0.3, -0.25) is 4.79 Å². The number of aromatic nitrogens is 1. The Balaban J connectivity index is 2.27. The lowest BCUT2D eigenvalue weighted by Crippen LogP contribution is -2.13. The lowest BCUT2D eigenvalue weighted by molar-refractivity contribution is 0.102. The van der Waals surface area contributed by atoms with Gasteiger partial charge in [0.25, 0.3) is 5.91 Å². The van der Waals surface area contributed by atoms with Gasteiger partial charge in [0.2, 0.25) is 0 Å². The van der Waals surface area contributed by atoms with Crippen LogP contribution < -0.4 is 11.1 Å². The predicted molar refractivity (Wildman–Crippen MR) is 78.1 cm³/mol. The van der Waals surface area contributed by atoms with E-state index < -0.39 is 0 Å². The molecule has 6 heteroatoms. The van der Waals surface area contributed by atoms with Crippen LogP contribution in [0.25, 0.3) is 0 Å². The Morgan fingerprint density at radius 3 is 2.72 bits per heavy atom. The lowest BCUT2D eigenvalue weighted by Gasteiger charge is -2.10. The van der Waals surface area contributed by atoms with Crippen LogP contribution in [-0.2, 0) is 0 Å². The number of amides is 1. The van der Waals surface area contributed by atoms with Gasteiger partial charge in [-0.25, -0.2) is 4.98 Å². The maximum Gasteiger partial charge on any atom is 0.275 e. The second-order valence-electron chi connectivity index (χ2n) is 3.96.